The van der Waals surface area contributed by atoms with Crippen LogP contribution < -0.4 is 10.6 Å². The molecule has 8 nitrogen and oxygen atoms in total. The van der Waals surface area contributed by atoms with Gasteiger partial charge >= 0.3 is 5.97 Å². The van der Waals surface area contributed by atoms with Gasteiger partial charge in [-0.1, -0.05) is 76.8 Å². The van der Waals surface area contributed by atoms with E-state index in [4.69, 9.17) is 36.3 Å². The molecule has 0 aliphatic carbocycles. The standard InChI is InChI=1S/C30H48N2O6S/c1-5-6-7-8-9-10-11-12-13-14-19-35-28-27-26(37-30(3,4)38-27)25(36-28)21(2)31-29(39)32-23-17-15-22(16-18-23)20-24(33)34/h15-18,21,25-28H,5-14,19-20H2,1-4H3,(H,33,34)(H2,31,32,39)/t21-,25+,26-,27-,28-/m0/s1. The summed E-state index contributed by atoms with van der Waals surface area (Å²) in [6.07, 6.45) is 11.5. The summed E-state index contributed by atoms with van der Waals surface area (Å²) in [7, 11) is 0. The van der Waals surface area contributed by atoms with Gasteiger partial charge < -0.3 is 34.7 Å². The molecule has 0 bridgehead atoms. The molecular formula is C30H48N2O6S. The van der Waals surface area contributed by atoms with Crippen molar-refractivity contribution in [3.8, 4) is 0 Å². The molecule has 0 saturated carbocycles. The summed E-state index contributed by atoms with van der Waals surface area (Å²) in [6, 6.07) is 7.01. The summed E-state index contributed by atoms with van der Waals surface area (Å²) in [5.74, 6) is -1.56. The lowest BCUT2D eigenvalue weighted by molar-refractivity contribution is -0.235. The number of nitrogens with one attached hydrogen (secondary N) is 2. The van der Waals surface area contributed by atoms with Crippen molar-refractivity contribution < 1.29 is 28.8 Å². The van der Waals surface area contributed by atoms with Crippen LogP contribution in [0.25, 0.3) is 0 Å². The van der Waals surface area contributed by atoms with E-state index in [-0.39, 0.29) is 30.8 Å². The molecule has 9 heteroatoms. The maximum absolute atomic E-state index is 10.9. The van der Waals surface area contributed by atoms with Crippen LogP contribution >= 0.6 is 12.2 Å². The van der Waals surface area contributed by atoms with E-state index in [2.05, 4.69) is 17.6 Å². The third-order valence-electron chi connectivity index (χ3n) is 7.25. The Morgan fingerprint density at radius 3 is 2.21 bits per heavy atom. The fourth-order valence-corrected chi connectivity index (χ4v) is 5.56. The smallest absolute Gasteiger partial charge is 0.307 e. The molecule has 2 aliphatic rings. The van der Waals surface area contributed by atoms with Crippen molar-refractivity contribution in [3.63, 3.8) is 0 Å². The van der Waals surface area contributed by atoms with Gasteiger partial charge in [-0.3, -0.25) is 4.79 Å². The van der Waals surface area contributed by atoms with Gasteiger partial charge in [0.1, 0.15) is 18.3 Å². The van der Waals surface area contributed by atoms with Gasteiger partial charge in [-0.25, -0.2) is 0 Å². The van der Waals surface area contributed by atoms with Crippen LogP contribution in [0.2, 0.25) is 0 Å². The number of carboxylic acid groups (broad SMARTS) is 1. The first-order valence-electron chi connectivity index (χ1n) is 14.7. The van der Waals surface area contributed by atoms with E-state index in [9.17, 15) is 4.79 Å². The summed E-state index contributed by atoms with van der Waals surface area (Å²) < 4.78 is 24.8. The van der Waals surface area contributed by atoms with Gasteiger partial charge in [0.15, 0.2) is 17.2 Å². The molecule has 3 N–H and O–H groups in total. The maximum Gasteiger partial charge on any atom is 0.307 e. The Morgan fingerprint density at radius 2 is 1.59 bits per heavy atom. The normalized spacial score (nSPS) is 24.3. The van der Waals surface area contributed by atoms with Crippen LogP contribution in [0.1, 0.15) is 97.5 Å². The average molecular weight is 565 g/mol. The van der Waals surface area contributed by atoms with E-state index >= 15 is 0 Å². The molecule has 5 atom stereocenters. The number of thiocarbonyl (C=S) groups is 1. The highest BCUT2D eigenvalue weighted by Gasteiger charge is 2.57. The second-order valence-electron chi connectivity index (χ2n) is 11.2. The Bertz CT molecular complexity index is 896. The molecule has 2 heterocycles. The minimum atomic E-state index is -0.858. The summed E-state index contributed by atoms with van der Waals surface area (Å²) in [5.41, 5.74) is 1.51. The molecule has 0 unspecified atom stereocenters. The van der Waals surface area contributed by atoms with Crippen molar-refractivity contribution >= 4 is 29.0 Å². The summed E-state index contributed by atoms with van der Waals surface area (Å²) in [6.45, 7) is 8.73. The second-order valence-corrected chi connectivity index (χ2v) is 11.6. The summed E-state index contributed by atoms with van der Waals surface area (Å²) >= 11 is 5.53. The molecule has 2 saturated heterocycles. The van der Waals surface area contributed by atoms with Crippen LogP contribution in [-0.4, -0.2) is 59.2 Å². The van der Waals surface area contributed by atoms with Gasteiger partial charge in [-0.05, 0) is 57.1 Å². The first kappa shape index (κ1) is 31.7. The predicted molar refractivity (Wildman–Crippen MR) is 157 cm³/mol. The third kappa shape index (κ3) is 10.6. The number of hydrogen-bond acceptors (Lipinski definition) is 6. The molecule has 3 rings (SSSR count). The van der Waals surface area contributed by atoms with Crippen molar-refractivity contribution in [1.29, 1.82) is 0 Å². The highest BCUT2D eigenvalue weighted by Crippen LogP contribution is 2.40. The maximum atomic E-state index is 10.9. The Balaban J connectivity index is 1.41. The second kappa shape index (κ2) is 15.9. The first-order valence-corrected chi connectivity index (χ1v) is 15.1. The van der Waals surface area contributed by atoms with Gasteiger partial charge in [0, 0.05) is 12.3 Å². The minimum absolute atomic E-state index is 0.0115. The molecule has 2 aliphatic heterocycles. The van der Waals surface area contributed by atoms with Gasteiger partial charge in [0.05, 0.1) is 12.5 Å². The van der Waals surface area contributed by atoms with Crippen LogP contribution in [0.15, 0.2) is 24.3 Å². The predicted octanol–water partition coefficient (Wildman–Crippen LogP) is 6.17. The molecule has 2 fully saturated rings. The number of carbonyl (C=O) groups is 1. The van der Waals surface area contributed by atoms with Crippen molar-refractivity contribution in [3.05, 3.63) is 29.8 Å². The van der Waals surface area contributed by atoms with E-state index in [1.165, 1.54) is 51.4 Å². The molecule has 39 heavy (non-hydrogen) atoms. The molecule has 0 amide bonds. The lowest BCUT2D eigenvalue weighted by Crippen LogP contribution is -2.48. The topological polar surface area (TPSA) is 98.3 Å². The van der Waals surface area contributed by atoms with Crippen molar-refractivity contribution in [1.82, 2.24) is 5.32 Å². The number of unbranched alkanes of at least 4 members (excludes halogenated alkanes) is 9. The Morgan fingerprint density at radius 1 is 1.00 bits per heavy atom. The van der Waals surface area contributed by atoms with Gasteiger partial charge in [0.25, 0.3) is 0 Å². The van der Waals surface area contributed by atoms with E-state index < -0.39 is 18.0 Å². The number of aliphatic carboxylic acids is 1. The SMILES string of the molecule is CCCCCCCCCCCCO[C@H]1O[C@H]([C@H](C)NC(=S)Nc2ccc(CC(=O)O)cc2)[C@@H]2OC(C)(C)O[C@H]12. The van der Waals surface area contributed by atoms with E-state index in [1.807, 2.05) is 32.9 Å². The molecule has 0 radical (unpaired) electrons. The number of fused-ring (bicyclic) bond motifs is 1. The number of ether oxygens (including phenoxy) is 4. The zero-order chi connectivity index (χ0) is 28.3. The van der Waals surface area contributed by atoms with E-state index in [1.54, 1.807) is 12.1 Å². The van der Waals surface area contributed by atoms with Crippen LogP contribution in [0.3, 0.4) is 0 Å². The van der Waals surface area contributed by atoms with Gasteiger partial charge in [0.2, 0.25) is 0 Å². The highest BCUT2D eigenvalue weighted by molar-refractivity contribution is 7.80. The lowest BCUT2D eigenvalue weighted by Gasteiger charge is -2.28. The first-order chi connectivity index (χ1) is 18.7. The lowest BCUT2D eigenvalue weighted by atomic mass is 10.1. The van der Waals surface area contributed by atoms with Gasteiger partial charge in [-0.15, -0.1) is 0 Å². The molecule has 0 aromatic heterocycles. The molecule has 1 aromatic carbocycles. The van der Waals surface area contributed by atoms with Crippen LogP contribution in [0, 0.1) is 0 Å². The van der Waals surface area contributed by atoms with Crippen molar-refractivity contribution in [2.24, 2.45) is 0 Å². The van der Waals surface area contributed by atoms with Gasteiger partial charge in [-0.2, -0.15) is 0 Å². The minimum Gasteiger partial charge on any atom is -0.481 e. The molecular weight excluding hydrogens is 516 g/mol. The Hall–Kier alpha value is -1.78. The number of rotatable bonds is 17. The summed E-state index contributed by atoms with van der Waals surface area (Å²) in [4.78, 5) is 10.9. The number of carboxylic acids is 1. The molecule has 0 spiro atoms. The van der Waals surface area contributed by atoms with Crippen molar-refractivity contribution in [2.45, 2.75) is 135 Å². The quantitative estimate of drug-likeness (QED) is 0.152. The zero-order valence-corrected chi connectivity index (χ0v) is 24.9. The number of hydrogen-bond donors (Lipinski definition) is 3. The Kier molecular flexibility index (Phi) is 12.9. The zero-order valence-electron chi connectivity index (χ0n) is 24.1. The average Bonchev–Trinajstić information content (AvgIpc) is 3.36. The fourth-order valence-electron chi connectivity index (χ4n) is 5.25. The van der Waals surface area contributed by atoms with Crippen LogP contribution in [0.5, 0.6) is 0 Å². The monoisotopic (exact) mass is 564 g/mol. The van der Waals surface area contributed by atoms with Crippen LogP contribution in [0.4, 0.5) is 5.69 Å². The Labute approximate surface area is 239 Å². The highest BCUT2D eigenvalue weighted by atomic mass is 32.1. The van der Waals surface area contributed by atoms with Crippen molar-refractivity contribution in [2.75, 3.05) is 11.9 Å². The molecule has 1 aromatic rings. The largest absolute Gasteiger partial charge is 0.481 e. The summed E-state index contributed by atoms with van der Waals surface area (Å²) in [5, 5.41) is 15.8. The molecule has 220 valence electrons. The van der Waals surface area contributed by atoms with E-state index in [0.29, 0.717) is 11.7 Å². The third-order valence-corrected chi connectivity index (χ3v) is 7.47. The van der Waals surface area contributed by atoms with Crippen LogP contribution in [-0.2, 0) is 30.2 Å². The van der Waals surface area contributed by atoms with E-state index in [0.717, 1.165) is 24.1 Å². The number of benzene rings is 1. The number of anilines is 1. The fraction of sp³-hybridized carbons (Fsp3) is 0.733.